The van der Waals surface area contributed by atoms with E-state index in [-0.39, 0.29) is 127 Å². The number of carbonyl (C=O) groups is 8. The first kappa shape index (κ1) is 71.3. The molecule has 0 saturated carbocycles. The third-order valence-corrected chi connectivity index (χ3v) is 19.3. The largest absolute Gasteiger partial charge is 0.480 e. The molecule has 7 aromatic carbocycles. The average molecular weight is 1380 g/mol. The number of hydrogen-bond donors (Lipinski definition) is 3. The van der Waals surface area contributed by atoms with Crippen molar-refractivity contribution in [3.05, 3.63) is 242 Å². The van der Waals surface area contributed by atoms with Gasteiger partial charge in [-0.25, -0.2) is 9.59 Å². The molecule has 11 rings (SSSR count). The molecule has 0 saturated heterocycles. The van der Waals surface area contributed by atoms with Gasteiger partial charge in [0.1, 0.15) is 30.3 Å². The van der Waals surface area contributed by atoms with Crippen LogP contribution in [0.3, 0.4) is 0 Å². The highest BCUT2D eigenvalue weighted by Gasteiger charge is 2.34. The molecule has 0 radical (unpaired) electrons. The number of fused-ring (bicyclic) bond motifs is 4. The quantitative estimate of drug-likeness (QED) is 0.0618. The van der Waals surface area contributed by atoms with Crippen molar-refractivity contribution in [2.24, 2.45) is 0 Å². The molecule has 0 fully saturated rings. The summed E-state index contributed by atoms with van der Waals surface area (Å²) in [7, 11) is 0. The smallest absolute Gasteiger partial charge is 0.328 e. The molecule has 7 aromatic rings. The molecule has 0 spiro atoms. The van der Waals surface area contributed by atoms with Gasteiger partial charge in [0.05, 0.1) is 31.2 Å². The van der Waals surface area contributed by atoms with Gasteiger partial charge < -0.3 is 30.3 Å². The Kier molecular flexibility index (Phi) is 24.9. The molecule has 486 valence electrons. The summed E-state index contributed by atoms with van der Waals surface area (Å²) in [4.78, 5) is 108. The number of ketones is 2. The molecular weight excluding hydrogens is 1310 g/mol. The number of halogens is 6. The maximum atomic E-state index is 13.8. The van der Waals surface area contributed by atoms with Crippen molar-refractivity contribution in [1.29, 1.82) is 0 Å². The third kappa shape index (κ3) is 17.4. The zero-order valence-corrected chi connectivity index (χ0v) is 53.9. The van der Waals surface area contributed by atoms with E-state index >= 15 is 0 Å². The zero-order chi connectivity index (χ0) is 64.5. The Hall–Kier alpha value is -7.56. The average Bonchev–Trinajstić information content (AvgIpc) is 1.51. The maximum Gasteiger partial charge on any atom is 0.328 e. The lowest BCUT2D eigenvalue weighted by Gasteiger charge is -2.30. The van der Waals surface area contributed by atoms with Gasteiger partial charge >= 0.3 is 11.9 Å². The summed E-state index contributed by atoms with van der Waals surface area (Å²) in [5, 5.41) is 16.6. The summed E-state index contributed by atoms with van der Waals surface area (Å²) in [6.07, 6.45) is 5.33. The summed E-state index contributed by atoms with van der Waals surface area (Å²) in [5.41, 5.74) is 9.59. The molecule has 2 heterocycles. The van der Waals surface area contributed by atoms with Gasteiger partial charge in [-0.1, -0.05) is 163 Å². The second-order valence-corrected chi connectivity index (χ2v) is 25.7. The van der Waals surface area contributed by atoms with Crippen LogP contribution in [0.2, 0.25) is 30.1 Å². The van der Waals surface area contributed by atoms with E-state index in [4.69, 9.17) is 74.3 Å². The monoisotopic (exact) mass is 1370 g/mol. The number of carbonyl (C=O) groups excluding carboxylic acids is 7. The van der Waals surface area contributed by atoms with Crippen LogP contribution in [-0.2, 0) is 69.3 Å². The van der Waals surface area contributed by atoms with Gasteiger partial charge in [-0.05, 0) is 174 Å². The summed E-state index contributed by atoms with van der Waals surface area (Å²) < 4.78 is 5.59. The Balaban J connectivity index is 0.000000237. The molecule has 2 aliphatic heterocycles. The molecule has 4 aliphatic rings. The Labute approximate surface area is 572 Å². The van der Waals surface area contributed by atoms with Gasteiger partial charge in [-0.15, -0.1) is 0 Å². The fraction of sp³-hybridized carbons (Fsp3) is 0.315. The van der Waals surface area contributed by atoms with E-state index in [1.807, 2.05) is 60.7 Å². The van der Waals surface area contributed by atoms with Gasteiger partial charge in [-0.2, -0.15) is 0 Å². The molecule has 2 aliphatic carbocycles. The maximum absolute atomic E-state index is 13.8. The normalized spacial score (nSPS) is 15.6. The van der Waals surface area contributed by atoms with Crippen LogP contribution in [0, 0.1) is 0 Å². The van der Waals surface area contributed by atoms with Crippen LogP contribution < -0.4 is 10.6 Å². The number of benzene rings is 7. The molecule has 3 N–H and O–H groups in total. The van der Waals surface area contributed by atoms with Crippen molar-refractivity contribution in [1.82, 2.24) is 20.4 Å². The molecule has 4 amide bonds. The second-order valence-electron chi connectivity index (χ2n) is 23.3. The second kappa shape index (κ2) is 32.5. The number of carboxylic acid groups (broad SMARTS) is 1. The fourth-order valence-electron chi connectivity index (χ4n) is 12.5. The minimum Gasteiger partial charge on any atom is -0.480 e. The van der Waals surface area contributed by atoms with E-state index in [1.165, 1.54) is 22.3 Å². The first-order valence-electron chi connectivity index (χ1n) is 30.1. The Morgan fingerprint density at radius 1 is 0.505 bits per heavy atom. The third-order valence-electron chi connectivity index (χ3n) is 17.3. The molecule has 0 bridgehead atoms. The van der Waals surface area contributed by atoms with Crippen molar-refractivity contribution in [2.45, 2.75) is 136 Å². The number of nitrogens with zero attached hydrogens (tertiary/aromatic N) is 2. The molecular formula is C73H72Cl6N4O10. The van der Waals surface area contributed by atoms with Gasteiger partial charge in [-0.3, -0.25) is 28.8 Å². The van der Waals surface area contributed by atoms with Gasteiger partial charge in [0.25, 0.3) is 23.6 Å². The van der Waals surface area contributed by atoms with Crippen molar-refractivity contribution in [3.63, 3.8) is 0 Å². The lowest BCUT2D eigenvalue weighted by molar-refractivity contribution is -0.147. The molecule has 14 nitrogen and oxygen atoms in total. The number of esters is 1. The molecule has 93 heavy (non-hydrogen) atoms. The SMILES string of the molecule is C.C.O=C(CC[C@H](NC(=O)c1c(Cl)cc2c(c1Cl)CCN(C(=O)c1ccc(Cl)cc1)C2)C(=O)O)C[C@@H]1CCc2ccccc21.O=C(CC[C@H](NC(=O)c1c(Cl)cc2c(c1Cl)CCN(C(=O)c1ccc(Cl)cc1)C2)C(=O)OCc1ccccc1)C[C@@H]1CCc2ccccc21. The predicted octanol–water partition coefficient (Wildman–Crippen LogP) is 15.9. The lowest BCUT2D eigenvalue weighted by atomic mass is 9.93. The first-order chi connectivity index (χ1) is 43.8. The number of nitrogens with one attached hydrogen (secondary N) is 2. The van der Waals surface area contributed by atoms with Crippen molar-refractivity contribution in [2.75, 3.05) is 13.1 Å². The van der Waals surface area contributed by atoms with Crippen molar-refractivity contribution < 1.29 is 48.2 Å². The molecule has 0 aromatic heterocycles. The van der Waals surface area contributed by atoms with Crippen LogP contribution in [0.15, 0.2) is 140 Å². The van der Waals surface area contributed by atoms with Gasteiger partial charge in [0.15, 0.2) is 0 Å². The van der Waals surface area contributed by atoms with Gasteiger partial charge in [0.2, 0.25) is 0 Å². The minimum atomic E-state index is -1.28. The predicted molar refractivity (Wildman–Crippen MR) is 365 cm³/mol. The van der Waals surface area contributed by atoms with Crippen LogP contribution in [-0.4, -0.2) is 87.2 Å². The number of aliphatic carboxylic acids is 1. The number of rotatable bonds is 20. The number of ether oxygens (including phenoxy) is 1. The number of carboxylic acids is 1. The first-order valence-corrected chi connectivity index (χ1v) is 32.4. The highest BCUT2D eigenvalue weighted by molar-refractivity contribution is 6.41. The van der Waals surface area contributed by atoms with Crippen LogP contribution >= 0.6 is 69.6 Å². The highest BCUT2D eigenvalue weighted by atomic mass is 35.5. The van der Waals surface area contributed by atoms with Crippen molar-refractivity contribution in [3.8, 4) is 0 Å². The van der Waals surface area contributed by atoms with Gasteiger partial charge in [0, 0.05) is 73.0 Å². The minimum absolute atomic E-state index is 0. The van der Waals surface area contributed by atoms with E-state index in [0.717, 1.165) is 36.8 Å². The van der Waals surface area contributed by atoms with E-state index in [1.54, 1.807) is 70.5 Å². The lowest BCUT2D eigenvalue weighted by Crippen LogP contribution is -2.42. The number of aryl methyl sites for hydroxylation is 2. The van der Waals surface area contributed by atoms with E-state index in [2.05, 4.69) is 28.8 Å². The van der Waals surface area contributed by atoms with Crippen LogP contribution in [0.4, 0.5) is 0 Å². The topological polar surface area (TPSA) is 197 Å². The summed E-state index contributed by atoms with van der Waals surface area (Å²) in [5.74, 6) is -3.33. The summed E-state index contributed by atoms with van der Waals surface area (Å²) in [6, 6.07) is 39.6. The number of amides is 4. The van der Waals surface area contributed by atoms with Crippen molar-refractivity contribution >= 4 is 117 Å². The standard InChI is InChI=1S/C39H35Cl3N2O5.C32H29Cl3N2O5.2CH4/c40-29-14-12-26(13-15-29)38(47)44-19-18-32-28(22-44)21-33(41)35(36(32)42)37(46)43-34(39(48)49-23-24-6-2-1-3-7-24)17-16-30(45)20-27-11-10-25-8-4-5-9-31(25)27;33-22-9-7-19(8-10-22)31(40)37-14-13-25-21(17-37)16-26(34)28(29(25)35)30(39)36-27(32(41)42)12-11-23(38)15-20-6-5-18-3-1-2-4-24(18)20;;/h1-9,12-15,21,27,34H,10-11,16-20,22-23H2,(H,43,46);1-4,7-10,16,20,27H,5-6,11-15,17H2,(H,36,39)(H,41,42);2*1H4/t27-,34-;20-,27-;;/m00../s1. The van der Waals surface area contributed by atoms with Crippen LogP contribution in [0.25, 0.3) is 0 Å². The summed E-state index contributed by atoms with van der Waals surface area (Å²) >= 11 is 38.5. The van der Waals surface area contributed by atoms with E-state index in [9.17, 15) is 43.5 Å². The number of hydrogen-bond acceptors (Lipinski definition) is 9. The summed E-state index contributed by atoms with van der Waals surface area (Å²) in [6.45, 7) is 1.30. The van der Waals surface area contributed by atoms with E-state index < -0.39 is 35.8 Å². The molecule has 4 atom stereocenters. The Morgan fingerprint density at radius 3 is 1.35 bits per heavy atom. The van der Waals surface area contributed by atoms with E-state index in [0.29, 0.717) is 76.6 Å². The van der Waals surface area contributed by atoms with Crippen LogP contribution in [0.5, 0.6) is 0 Å². The highest BCUT2D eigenvalue weighted by Crippen LogP contribution is 2.40. The zero-order valence-electron chi connectivity index (χ0n) is 49.4. The molecule has 0 unspecified atom stereocenters. The molecule has 20 heteroatoms. The van der Waals surface area contributed by atoms with Crippen LogP contribution in [0.1, 0.15) is 170 Å². The fourth-order valence-corrected chi connectivity index (χ4v) is 14.3. The Bertz CT molecular complexity index is 3940. The number of Topliss-reactive ketones (excluding diaryl/α,β-unsaturated/α-hetero) is 2. The Morgan fingerprint density at radius 2 is 0.914 bits per heavy atom.